The molecule has 8 nitrogen and oxygen atoms in total. The quantitative estimate of drug-likeness (QED) is 0.412. The van der Waals surface area contributed by atoms with E-state index in [2.05, 4.69) is 24.0 Å². The van der Waals surface area contributed by atoms with Crippen LogP contribution in [0.3, 0.4) is 0 Å². The zero-order chi connectivity index (χ0) is 31.1. The van der Waals surface area contributed by atoms with Crippen molar-refractivity contribution in [3.63, 3.8) is 0 Å². The van der Waals surface area contributed by atoms with Crippen molar-refractivity contribution < 1.29 is 29.3 Å². The molecule has 240 valence electrons. The van der Waals surface area contributed by atoms with Crippen LogP contribution in [0.4, 0.5) is 5.69 Å². The van der Waals surface area contributed by atoms with Crippen LogP contribution in [0.2, 0.25) is 0 Å². The first-order chi connectivity index (χ1) is 21.1. The monoisotopic (exact) mass is 626 g/mol. The fraction of sp³-hybridized carbons (Fsp3) is 0.657. The van der Waals surface area contributed by atoms with Crippen molar-refractivity contribution in [1.29, 1.82) is 0 Å². The Labute approximate surface area is 266 Å². The molecule has 9 heteroatoms. The Morgan fingerprint density at radius 1 is 1.11 bits per heavy atom. The molecule has 2 fully saturated rings. The van der Waals surface area contributed by atoms with Crippen molar-refractivity contribution in [2.24, 2.45) is 29.1 Å². The number of aliphatic hydroxyl groups is 1. The van der Waals surface area contributed by atoms with Crippen LogP contribution in [0.15, 0.2) is 41.5 Å². The van der Waals surface area contributed by atoms with Crippen molar-refractivity contribution in [2.75, 3.05) is 44.8 Å². The average molecular weight is 627 g/mol. The first-order valence-corrected chi connectivity index (χ1v) is 16.8. The molecule has 1 saturated carbocycles. The maximum Gasteiger partial charge on any atom is 0.340 e. The number of carboxylic acids is 1. The molecule has 2 unspecified atom stereocenters. The van der Waals surface area contributed by atoms with Crippen molar-refractivity contribution >= 4 is 29.2 Å². The number of rotatable bonds is 1. The molecule has 3 aliphatic heterocycles. The summed E-state index contributed by atoms with van der Waals surface area (Å²) in [5.74, 6) is 0.490. The molecule has 7 atom stereocenters. The molecule has 3 heterocycles. The largest absolute Gasteiger partial charge is 0.490 e. The molecule has 6 rings (SSSR count). The minimum atomic E-state index is -2.36. The Morgan fingerprint density at radius 2 is 1.95 bits per heavy atom. The van der Waals surface area contributed by atoms with Crippen molar-refractivity contribution in [3.05, 3.63) is 47.0 Å². The summed E-state index contributed by atoms with van der Waals surface area (Å²) in [7, 11) is 1.70. The fourth-order valence-electron chi connectivity index (χ4n) is 7.96. The highest BCUT2D eigenvalue weighted by Crippen LogP contribution is 2.46. The SMILES string of the molecule is CN1CC[C@H]2CCO[C@@H](C2)[C@@H]2CC[C@H]2CN2CCCCC3C=C(Cl)C=CC3(C)COc3ccc(cc32)[C@@](O)(C(=O)O)CC1=O. The van der Waals surface area contributed by atoms with Crippen molar-refractivity contribution in [3.8, 4) is 5.75 Å². The molecular formula is C35H47ClN2O6. The first-order valence-electron chi connectivity index (χ1n) is 16.5. The summed E-state index contributed by atoms with van der Waals surface area (Å²) < 4.78 is 13.0. The summed E-state index contributed by atoms with van der Waals surface area (Å²) >= 11 is 6.43. The van der Waals surface area contributed by atoms with E-state index in [0.29, 0.717) is 36.7 Å². The number of hydrogen-bond acceptors (Lipinski definition) is 6. The molecule has 5 aliphatic rings. The van der Waals surface area contributed by atoms with E-state index in [-0.39, 0.29) is 28.9 Å². The van der Waals surface area contributed by atoms with Gasteiger partial charge in [0.25, 0.3) is 0 Å². The summed E-state index contributed by atoms with van der Waals surface area (Å²) in [6.07, 6.45) is 14.0. The maximum atomic E-state index is 13.3. The standard InChI is InChI=1S/C35H47ClN2O6/c1-34-13-10-27(36)18-25(34)5-3-4-14-38-21-24-6-8-28(24)31-17-23(12-16-43-31)11-15-37(2)32(39)20-35(42,33(40)41)26-7-9-30(44-22-34)29(38)19-26/h7,9-10,13,18-19,23-25,28,31,42H,3-6,8,11-12,14-17,20-22H2,1-2H3,(H,40,41)/t23-,24-,25?,28+,31-,34?,35+/m0/s1. The normalized spacial score (nSPS) is 36.5. The second-order valence-electron chi connectivity index (χ2n) is 14.2. The molecule has 2 aliphatic carbocycles. The molecule has 4 bridgehead atoms. The Bertz CT molecular complexity index is 1320. The Balaban J connectivity index is 1.40. The van der Waals surface area contributed by atoms with Gasteiger partial charge < -0.3 is 29.5 Å². The van der Waals surface area contributed by atoms with Gasteiger partial charge in [0.05, 0.1) is 24.8 Å². The molecule has 1 aromatic rings. The van der Waals surface area contributed by atoms with Gasteiger partial charge in [0.1, 0.15) is 5.75 Å². The van der Waals surface area contributed by atoms with Gasteiger partial charge in [0.15, 0.2) is 5.60 Å². The molecule has 1 amide bonds. The van der Waals surface area contributed by atoms with E-state index in [1.54, 1.807) is 30.1 Å². The minimum absolute atomic E-state index is 0.197. The summed E-state index contributed by atoms with van der Waals surface area (Å²) in [4.78, 5) is 29.9. The van der Waals surface area contributed by atoms with Gasteiger partial charge in [-0.05, 0) is 92.4 Å². The first kappa shape index (κ1) is 31.4. The predicted molar refractivity (Wildman–Crippen MR) is 170 cm³/mol. The van der Waals surface area contributed by atoms with E-state index in [0.717, 1.165) is 81.8 Å². The maximum absolute atomic E-state index is 13.3. The summed E-state index contributed by atoms with van der Waals surface area (Å²) in [6, 6.07) is 5.15. The van der Waals surface area contributed by atoms with Gasteiger partial charge >= 0.3 is 5.97 Å². The molecular weight excluding hydrogens is 580 g/mol. The number of aliphatic carboxylic acids is 1. The van der Waals surface area contributed by atoms with Crippen LogP contribution in [0.5, 0.6) is 5.75 Å². The number of carbonyl (C=O) groups is 2. The second kappa shape index (κ2) is 12.7. The Kier molecular flexibility index (Phi) is 9.06. The van der Waals surface area contributed by atoms with Gasteiger partial charge in [0.2, 0.25) is 5.91 Å². The third-order valence-corrected chi connectivity index (χ3v) is 11.5. The van der Waals surface area contributed by atoms with E-state index in [1.807, 2.05) is 6.08 Å². The Morgan fingerprint density at radius 3 is 2.73 bits per heavy atom. The van der Waals surface area contributed by atoms with E-state index < -0.39 is 18.0 Å². The number of nitrogens with zero attached hydrogens (tertiary/aromatic N) is 2. The Hall–Kier alpha value is -2.55. The van der Waals surface area contributed by atoms with Gasteiger partial charge in [-0.3, -0.25) is 4.79 Å². The fourth-order valence-corrected chi connectivity index (χ4v) is 8.18. The van der Waals surface area contributed by atoms with Gasteiger partial charge in [-0.15, -0.1) is 0 Å². The zero-order valence-electron chi connectivity index (χ0n) is 26.1. The zero-order valence-corrected chi connectivity index (χ0v) is 26.8. The van der Waals surface area contributed by atoms with Gasteiger partial charge in [0, 0.05) is 43.7 Å². The van der Waals surface area contributed by atoms with Crippen LogP contribution >= 0.6 is 11.6 Å². The van der Waals surface area contributed by atoms with Crippen molar-refractivity contribution in [2.45, 2.75) is 76.4 Å². The summed E-state index contributed by atoms with van der Waals surface area (Å²) in [6.45, 7) is 5.50. The van der Waals surface area contributed by atoms with Crippen LogP contribution in [0, 0.1) is 29.1 Å². The molecule has 0 radical (unpaired) electrons. The minimum Gasteiger partial charge on any atom is -0.490 e. The van der Waals surface area contributed by atoms with E-state index in [4.69, 9.17) is 21.1 Å². The van der Waals surface area contributed by atoms with Crippen LogP contribution in [0.25, 0.3) is 0 Å². The highest BCUT2D eigenvalue weighted by molar-refractivity contribution is 6.31. The third-order valence-electron chi connectivity index (χ3n) is 11.2. The van der Waals surface area contributed by atoms with Crippen LogP contribution in [-0.2, 0) is 19.9 Å². The van der Waals surface area contributed by atoms with E-state index in [9.17, 15) is 19.8 Å². The second-order valence-corrected chi connectivity index (χ2v) is 14.6. The number of carbonyl (C=O) groups excluding carboxylic acids is 1. The smallest absolute Gasteiger partial charge is 0.340 e. The van der Waals surface area contributed by atoms with Crippen LogP contribution < -0.4 is 9.64 Å². The third kappa shape index (κ3) is 6.27. The number of ether oxygens (including phenoxy) is 2. The number of benzene rings is 1. The molecule has 0 aromatic heterocycles. The lowest BCUT2D eigenvalue weighted by Gasteiger charge is -2.47. The van der Waals surface area contributed by atoms with Crippen molar-refractivity contribution in [1.82, 2.24) is 4.90 Å². The van der Waals surface area contributed by atoms with E-state index in [1.165, 1.54) is 0 Å². The lowest BCUT2D eigenvalue weighted by Crippen LogP contribution is -2.47. The molecule has 2 N–H and O–H groups in total. The number of amides is 1. The summed E-state index contributed by atoms with van der Waals surface area (Å²) in [5.41, 5.74) is -1.63. The number of anilines is 1. The predicted octanol–water partition coefficient (Wildman–Crippen LogP) is 5.72. The highest BCUT2D eigenvalue weighted by atomic mass is 35.5. The van der Waals surface area contributed by atoms with E-state index >= 15 is 0 Å². The number of allylic oxidation sites excluding steroid dienone is 3. The lowest BCUT2D eigenvalue weighted by molar-refractivity contribution is -0.164. The molecule has 1 aromatic carbocycles. The average Bonchev–Trinajstić information content (AvgIpc) is 3.01. The van der Waals surface area contributed by atoms with Crippen LogP contribution in [0.1, 0.15) is 70.3 Å². The molecule has 44 heavy (non-hydrogen) atoms. The van der Waals surface area contributed by atoms with Crippen LogP contribution in [-0.4, -0.2) is 73.0 Å². The molecule has 1 saturated heterocycles. The number of halogens is 1. The van der Waals surface area contributed by atoms with Gasteiger partial charge in [-0.1, -0.05) is 43.2 Å². The molecule has 0 spiro atoms. The van der Waals surface area contributed by atoms with Gasteiger partial charge in [-0.2, -0.15) is 0 Å². The van der Waals surface area contributed by atoms with Gasteiger partial charge in [-0.25, -0.2) is 4.79 Å². The highest BCUT2D eigenvalue weighted by Gasteiger charge is 2.44. The summed E-state index contributed by atoms with van der Waals surface area (Å²) in [5, 5.41) is 22.7. The number of hydrogen-bond donors (Lipinski definition) is 2. The number of carboxylic acid groups (broad SMARTS) is 1. The number of fused-ring (bicyclic) bond motifs is 6. The lowest BCUT2D eigenvalue weighted by atomic mass is 9.67. The topological polar surface area (TPSA) is 99.5 Å².